The van der Waals surface area contributed by atoms with Crippen molar-refractivity contribution in [3.05, 3.63) is 29.3 Å². The van der Waals surface area contributed by atoms with Crippen LogP contribution in [0, 0.1) is 11.6 Å². The van der Waals surface area contributed by atoms with Gasteiger partial charge in [-0.05, 0) is 19.1 Å². The SMILES string of the molecule is CC1C(=O)NC(=O)CN1C(=O)c1cc(F)cc(N)c1F. The second-order valence-electron chi connectivity index (χ2n) is 4.38. The molecule has 8 heteroatoms. The summed E-state index contributed by atoms with van der Waals surface area (Å²) in [6.07, 6.45) is 0. The van der Waals surface area contributed by atoms with Gasteiger partial charge < -0.3 is 10.6 Å². The monoisotopic (exact) mass is 283 g/mol. The molecule has 106 valence electrons. The lowest BCUT2D eigenvalue weighted by atomic mass is 10.1. The molecule has 0 aromatic heterocycles. The van der Waals surface area contributed by atoms with Crippen molar-refractivity contribution >= 4 is 23.4 Å². The Morgan fingerprint density at radius 2 is 2.05 bits per heavy atom. The number of piperazine rings is 1. The molecule has 3 amide bonds. The molecular weight excluding hydrogens is 272 g/mol. The molecule has 1 aliphatic heterocycles. The average Bonchev–Trinajstić information content (AvgIpc) is 2.37. The summed E-state index contributed by atoms with van der Waals surface area (Å²) in [6.45, 7) is 0.960. The highest BCUT2D eigenvalue weighted by atomic mass is 19.1. The minimum absolute atomic E-state index is 0.415. The van der Waals surface area contributed by atoms with Gasteiger partial charge in [0, 0.05) is 0 Å². The van der Waals surface area contributed by atoms with Crippen LogP contribution in [0.3, 0.4) is 0 Å². The first-order chi connectivity index (χ1) is 9.31. The predicted molar refractivity (Wildman–Crippen MR) is 64.4 cm³/mol. The smallest absolute Gasteiger partial charge is 0.258 e. The van der Waals surface area contributed by atoms with Gasteiger partial charge in [0.15, 0.2) is 5.82 Å². The van der Waals surface area contributed by atoms with Crippen LogP contribution in [0.1, 0.15) is 17.3 Å². The molecule has 1 aromatic rings. The number of amides is 3. The maximum absolute atomic E-state index is 13.8. The largest absolute Gasteiger partial charge is 0.396 e. The first-order valence-corrected chi connectivity index (χ1v) is 5.70. The fraction of sp³-hybridized carbons (Fsp3) is 0.250. The zero-order valence-electron chi connectivity index (χ0n) is 10.4. The van der Waals surface area contributed by atoms with Crippen LogP contribution >= 0.6 is 0 Å². The quantitative estimate of drug-likeness (QED) is 0.562. The topological polar surface area (TPSA) is 92.5 Å². The first-order valence-electron chi connectivity index (χ1n) is 5.70. The number of nitrogens with zero attached hydrogens (tertiary/aromatic N) is 1. The van der Waals surface area contributed by atoms with Gasteiger partial charge in [0.1, 0.15) is 18.4 Å². The molecule has 6 nitrogen and oxygen atoms in total. The maximum Gasteiger partial charge on any atom is 0.258 e. The Morgan fingerprint density at radius 1 is 1.40 bits per heavy atom. The number of hydrogen-bond donors (Lipinski definition) is 2. The Bertz CT molecular complexity index is 618. The van der Waals surface area contributed by atoms with Crippen LogP contribution in [-0.4, -0.2) is 35.2 Å². The van der Waals surface area contributed by atoms with Gasteiger partial charge in [0.25, 0.3) is 5.91 Å². The molecule has 0 saturated carbocycles. The maximum atomic E-state index is 13.8. The number of nitrogens with one attached hydrogen (secondary N) is 1. The molecule has 1 aliphatic rings. The zero-order valence-corrected chi connectivity index (χ0v) is 10.4. The molecule has 1 fully saturated rings. The van der Waals surface area contributed by atoms with Crippen molar-refractivity contribution in [1.82, 2.24) is 10.2 Å². The van der Waals surface area contributed by atoms with Crippen molar-refractivity contribution in [2.24, 2.45) is 0 Å². The van der Waals surface area contributed by atoms with E-state index in [1.54, 1.807) is 0 Å². The number of carbonyl (C=O) groups excluding carboxylic acids is 3. The van der Waals surface area contributed by atoms with Gasteiger partial charge in [-0.2, -0.15) is 0 Å². The molecule has 1 atom stereocenters. The number of carbonyl (C=O) groups is 3. The normalized spacial score (nSPS) is 18.9. The lowest BCUT2D eigenvalue weighted by Gasteiger charge is -2.31. The molecule has 1 unspecified atom stereocenters. The van der Waals surface area contributed by atoms with Crippen molar-refractivity contribution in [3.8, 4) is 0 Å². The van der Waals surface area contributed by atoms with Gasteiger partial charge in [-0.15, -0.1) is 0 Å². The third-order valence-corrected chi connectivity index (χ3v) is 2.98. The standard InChI is InChI=1S/C12H11F2N3O3/c1-5-11(19)16-9(18)4-17(5)12(20)7-2-6(13)3-8(15)10(7)14/h2-3,5H,4,15H2,1H3,(H,16,18,19). The van der Waals surface area contributed by atoms with Crippen LogP contribution in [0.25, 0.3) is 0 Å². The first kappa shape index (κ1) is 13.9. The molecule has 0 aliphatic carbocycles. The van der Waals surface area contributed by atoms with E-state index in [4.69, 9.17) is 5.73 Å². The number of imide groups is 1. The molecule has 1 saturated heterocycles. The molecule has 1 aromatic carbocycles. The minimum Gasteiger partial charge on any atom is -0.396 e. The number of nitrogens with two attached hydrogens (primary N) is 1. The predicted octanol–water partition coefficient (Wildman–Crippen LogP) is 0.0341. The summed E-state index contributed by atoms with van der Waals surface area (Å²) in [7, 11) is 0. The van der Waals surface area contributed by atoms with Crippen LogP contribution in [0.4, 0.5) is 14.5 Å². The number of nitrogen functional groups attached to an aromatic ring is 1. The Morgan fingerprint density at radius 3 is 2.70 bits per heavy atom. The van der Waals surface area contributed by atoms with Crippen molar-refractivity contribution in [2.45, 2.75) is 13.0 Å². The Kier molecular flexibility index (Phi) is 3.39. The highest BCUT2D eigenvalue weighted by Crippen LogP contribution is 2.20. The van der Waals surface area contributed by atoms with E-state index in [0.29, 0.717) is 6.07 Å². The van der Waals surface area contributed by atoms with E-state index in [0.717, 1.165) is 11.0 Å². The van der Waals surface area contributed by atoms with E-state index in [-0.39, 0.29) is 0 Å². The average molecular weight is 283 g/mol. The van der Waals surface area contributed by atoms with Crippen LogP contribution in [0.15, 0.2) is 12.1 Å². The summed E-state index contributed by atoms with van der Waals surface area (Å²) in [5, 5.41) is 2.04. The zero-order chi connectivity index (χ0) is 15.0. The lowest BCUT2D eigenvalue weighted by molar-refractivity contribution is -0.138. The third kappa shape index (κ3) is 2.31. The van der Waals surface area contributed by atoms with Crippen LogP contribution < -0.4 is 11.1 Å². The summed E-state index contributed by atoms with van der Waals surface area (Å²) in [4.78, 5) is 35.7. The van der Waals surface area contributed by atoms with E-state index < -0.39 is 53.2 Å². The summed E-state index contributed by atoms with van der Waals surface area (Å²) in [5.41, 5.74) is 4.11. The van der Waals surface area contributed by atoms with Crippen molar-refractivity contribution in [3.63, 3.8) is 0 Å². The summed E-state index contributed by atoms with van der Waals surface area (Å²) in [6, 6.07) is 0.450. The summed E-state index contributed by atoms with van der Waals surface area (Å²) in [5.74, 6) is -4.30. The number of anilines is 1. The third-order valence-electron chi connectivity index (χ3n) is 2.98. The second-order valence-corrected chi connectivity index (χ2v) is 4.38. The molecule has 2 rings (SSSR count). The molecule has 0 bridgehead atoms. The van der Waals surface area contributed by atoms with Gasteiger partial charge in [-0.3, -0.25) is 19.7 Å². The fourth-order valence-corrected chi connectivity index (χ4v) is 1.88. The van der Waals surface area contributed by atoms with E-state index in [1.807, 2.05) is 5.32 Å². The molecular formula is C12H11F2N3O3. The fourth-order valence-electron chi connectivity index (χ4n) is 1.88. The summed E-state index contributed by atoms with van der Waals surface area (Å²) < 4.78 is 27.0. The lowest BCUT2D eigenvalue weighted by Crippen LogP contribution is -2.58. The van der Waals surface area contributed by atoms with Crippen LogP contribution in [0.2, 0.25) is 0 Å². The van der Waals surface area contributed by atoms with Gasteiger partial charge in [-0.25, -0.2) is 8.78 Å². The molecule has 0 spiro atoms. The van der Waals surface area contributed by atoms with Gasteiger partial charge >= 0.3 is 0 Å². The second kappa shape index (κ2) is 4.87. The van der Waals surface area contributed by atoms with Gasteiger partial charge in [0.2, 0.25) is 11.8 Å². The van der Waals surface area contributed by atoms with Crippen molar-refractivity contribution in [2.75, 3.05) is 12.3 Å². The van der Waals surface area contributed by atoms with Gasteiger partial charge in [0.05, 0.1) is 11.3 Å². The summed E-state index contributed by atoms with van der Waals surface area (Å²) >= 11 is 0. The highest BCUT2D eigenvalue weighted by Gasteiger charge is 2.35. The molecule has 3 N–H and O–H groups in total. The van der Waals surface area contributed by atoms with Gasteiger partial charge in [-0.1, -0.05) is 0 Å². The van der Waals surface area contributed by atoms with E-state index >= 15 is 0 Å². The Hall–Kier alpha value is -2.51. The molecule has 1 heterocycles. The van der Waals surface area contributed by atoms with Crippen molar-refractivity contribution < 1.29 is 23.2 Å². The van der Waals surface area contributed by atoms with E-state index in [2.05, 4.69) is 0 Å². The van der Waals surface area contributed by atoms with E-state index in [9.17, 15) is 23.2 Å². The minimum atomic E-state index is -1.08. The van der Waals surface area contributed by atoms with Crippen LogP contribution in [-0.2, 0) is 9.59 Å². The number of rotatable bonds is 1. The van der Waals surface area contributed by atoms with Crippen LogP contribution in [0.5, 0.6) is 0 Å². The Labute approximate surface area is 112 Å². The Balaban J connectivity index is 2.40. The molecule has 0 radical (unpaired) electrons. The number of halogens is 2. The number of benzene rings is 1. The van der Waals surface area contributed by atoms with E-state index in [1.165, 1.54) is 6.92 Å². The number of hydrogen-bond acceptors (Lipinski definition) is 4. The highest BCUT2D eigenvalue weighted by molar-refractivity contribution is 6.07. The van der Waals surface area contributed by atoms with Crippen molar-refractivity contribution in [1.29, 1.82) is 0 Å². The molecule has 20 heavy (non-hydrogen) atoms.